The Morgan fingerprint density at radius 3 is 2.50 bits per heavy atom. The van der Waals surface area contributed by atoms with E-state index in [0.717, 1.165) is 11.3 Å². The highest BCUT2D eigenvalue weighted by Gasteiger charge is 1.96. The summed E-state index contributed by atoms with van der Waals surface area (Å²) in [6.07, 6.45) is 1.87. The van der Waals surface area contributed by atoms with Crippen LogP contribution < -0.4 is 5.43 Å². The number of nitrogens with one attached hydrogen (secondary N) is 1. The third-order valence-electron chi connectivity index (χ3n) is 2.97. The van der Waals surface area contributed by atoms with E-state index in [1.54, 1.807) is 0 Å². The van der Waals surface area contributed by atoms with E-state index in [4.69, 9.17) is 0 Å². The first-order chi connectivity index (χ1) is 8.66. The zero-order chi connectivity index (χ0) is 13.0. The molecule has 18 heavy (non-hydrogen) atoms. The van der Waals surface area contributed by atoms with Crippen molar-refractivity contribution in [3.05, 3.63) is 64.7 Å². The summed E-state index contributed by atoms with van der Waals surface area (Å²) in [6.45, 7) is 6.25. The minimum Gasteiger partial charge on any atom is -0.278 e. The molecule has 0 amide bonds. The highest BCUT2D eigenvalue weighted by molar-refractivity contribution is 5.82. The quantitative estimate of drug-likeness (QED) is 0.633. The first kappa shape index (κ1) is 12.4. The van der Waals surface area contributed by atoms with Crippen LogP contribution in [0.15, 0.2) is 47.6 Å². The van der Waals surface area contributed by atoms with Gasteiger partial charge in [0.25, 0.3) is 0 Å². The Morgan fingerprint density at radius 2 is 1.72 bits per heavy atom. The molecule has 1 N–H and O–H groups in total. The molecular formula is C16H18N2. The van der Waals surface area contributed by atoms with Gasteiger partial charge in [-0.2, -0.15) is 5.10 Å². The maximum atomic E-state index is 4.30. The second kappa shape index (κ2) is 5.50. The zero-order valence-electron chi connectivity index (χ0n) is 11.1. The third-order valence-corrected chi connectivity index (χ3v) is 2.97. The van der Waals surface area contributed by atoms with Gasteiger partial charge in [-0.05, 0) is 43.5 Å². The Kier molecular flexibility index (Phi) is 3.78. The minimum atomic E-state index is 1.04. The van der Waals surface area contributed by atoms with E-state index in [0.29, 0.717) is 0 Å². The van der Waals surface area contributed by atoms with Crippen LogP contribution in [0.2, 0.25) is 0 Å². The molecule has 0 radical (unpaired) electrons. The molecule has 0 aliphatic carbocycles. The number of hydrazone groups is 1. The van der Waals surface area contributed by atoms with Crippen molar-refractivity contribution in [1.82, 2.24) is 0 Å². The maximum Gasteiger partial charge on any atom is 0.0590 e. The normalized spacial score (nSPS) is 10.8. The summed E-state index contributed by atoms with van der Waals surface area (Å²) in [5.41, 5.74) is 8.94. The van der Waals surface area contributed by atoms with Crippen molar-refractivity contribution in [1.29, 1.82) is 0 Å². The van der Waals surface area contributed by atoms with Crippen LogP contribution in [-0.4, -0.2) is 6.21 Å². The van der Waals surface area contributed by atoms with Crippen LogP contribution >= 0.6 is 0 Å². The molecule has 92 valence electrons. The van der Waals surface area contributed by atoms with Gasteiger partial charge in [0, 0.05) is 0 Å². The molecule has 0 fully saturated rings. The van der Waals surface area contributed by atoms with Crippen LogP contribution in [0.25, 0.3) is 0 Å². The number of nitrogens with zero attached hydrogens (tertiary/aromatic N) is 1. The second-order valence-electron chi connectivity index (χ2n) is 4.54. The molecule has 2 rings (SSSR count). The molecule has 2 nitrogen and oxygen atoms in total. The second-order valence-corrected chi connectivity index (χ2v) is 4.54. The number of hydrogen-bond acceptors (Lipinski definition) is 2. The Morgan fingerprint density at radius 1 is 0.944 bits per heavy atom. The van der Waals surface area contributed by atoms with Crippen LogP contribution in [0.4, 0.5) is 5.69 Å². The van der Waals surface area contributed by atoms with Gasteiger partial charge < -0.3 is 0 Å². The fourth-order valence-corrected chi connectivity index (χ4v) is 1.77. The molecule has 0 aliphatic heterocycles. The zero-order valence-corrected chi connectivity index (χ0v) is 11.1. The highest BCUT2D eigenvalue weighted by Crippen LogP contribution is 2.13. The van der Waals surface area contributed by atoms with Crippen molar-refractivity contribution in [3.8, 4) is 0 Å². The van der Waals surface area contributed by atoms with Gasteiger partial charge in [-0.1, -0.05) is 42.0 Å². The molecule has 0 spiro atoms. The number of aryl methyl sites for hydroxylation is 3. The van der Waals surface area contributed by atoms with Crippen molar-refractivity contribution in [2.75, 3.05) is 5.43 Å². The van der Waals surface area contributed by atoms with Gasteiger partial charge in [-0.25, -0.2) is 0 Å². The average Bonchev–Trinajstić information content (AvgIpc) is 2.36. The summed E-state index contributed by atoms with van der Waals surface area (Å²) in [4.78, 5) is 0. The summed E-state index contributed by atoms with van der Waals surface area (Å²) in [7, 11) is 0. The Balaban J connectivity index is 2.12. The molecule has 2 aromatic rings. The van der Waals surface area contributed by atoms with Crippen molar-refractivity contribution in [2.45, 2.75) is 20.8 Å². The van der Waals surface area contributed by atoms with E-state index < -0.39 is 0 Å². The first-order valence-electron chi connectivity index (χ1n) is 6.09. The summed E-state index contributed by atoms with van der Waals surface area (Å²) in [5, 5.41) is 4.30. The van der Waals surface area contributed by atoms with Crippen molar-refractivity contribution in [3.63, 3.8) is 0 Å². The highest BCUT2D eigenvalue weighted by atomic mass is 15.3. The van der Waals surface area contributed by atoms with E-state index in [1.165, 1.54) is 16.7 Å². The number of hydrogen-bond donors (Lipinski definition) is 1. The predicted molar refractivity (Wildman–Crippen MR) is 78.3 cm³/mol. The molecule has 2 heteroatoms. The van der Waals surface area contributed by atoms with Gasteiger partial charge in [0.1, 0.15) is 0 Å². The van der Waals surface area contributed by atoms with Crippen molar-refractivity contribution >= 4 is 11.9 Å². The molecule has 0 bridgehead atoms. The summed E-state index contributed by atoms with van der Waals surface area (Å²) < 4.78 is 0. The average molecular weight is 238 g/mol. The Bertz CT molecular complexity index is 571. The van der Waals surface area contributed by atoms with E-state index in [-0.39, 0.29) is 0 Å². The Hall–Kier alpha value is -2.09. The molecular weight excluding hydrogens is 220 g/mol. The largest absolute Gasteiger partial charge is 0.278 e. The summed E-state index contributed by atoms with van der Waals surface area (Å²) >= 11 is 0. The number of para-hydroxylation sites is 1. The fourth-order valence-electron chi connectivity index (χ4n) is 1.77. The topological polar surface area (TPSA) is 24.4 Å². The van der Waals surface area contributed by atoms with Gasteiger partial charge >= 0.3 is 0 Å². The molecule has 0 heterocycles. The maximum absolute atomic E-state index is 4.30. The number of anilines is 1. The minimum absolute atomic E-state index is 1.04. The molecule has 0 saturated heterocycles. The van der Waals surface area contributed by atoms with E-state index in [2.05, 4.69) is 55.6 Å². The molecule has 2 aromatic carbocycles. The third kappa shape index (κ3) is 2.98. The van der Waals surface area contributed by atoms with E-state index in [1.807, 2.05) is 24.4 Å². The van der Waals surface area contributed by atoms with Crippen LogP contribution in [0.3, 0.4) is 0 Å². The van der Waals surface area contributed by atoms with Crippen LogP contribution in [0.5, 0.6) is 0 Å². The summed E-state index contributed by atoms with van der Waals surface area (Å²) in [6, 6.07) is 14.5. The lowest BCUT2D eigenvalue weighted by molar-refractivity contribution is 1.30. The fraction of sp³-hybridized carbons (Fsp3) is 0.188. The molecule has 0 unspecified atom stereocenters. The first-order valence-corrected chi connectivity index (χ1v) is 6.09. The van der Waals surface area contributed by atoms with Gasteiger partial charge in [0.15, 0.2) is 0 Å². The smallest absolute Gasteiger partial charge is 0.0590 e. The van der Waals surface area contributed by atoms with Crippen LogP contribution in [0.1, 0.15) is 22.3 Å². The monoisotopic (exact) mass is 238 g/mol. The molecule has 0 aromatic heterocycles. The van der Waals surface area contributed by atoms with Crippen molar-refractivity contribution < 1.29 is 0 Å². The molecule has 0 saturated carbocycles. The molecule has 0 atom stereocenters. The summed E-state index contributed by atoms with van der Waals surface area (Å²) in [5.74, 6) is 0. The van der Waals surface area contributed by atoms with E-state index in [9.17, 15) is 0 Å². The van der Waals surface area contributed by atoms with E-state index >= 15 is 0 Å². The standard InChI is InChI=1S/C16H18N2/c1-12-8-9-13(2)15(10-12)11-17-18-16-7-5-4-6-14(16)3/h4-11,18H,1-3H3/b17-11+. The van der Waals surface area contributed by atoms with Gasteiger partial charge in [0.2, 0.25) is 0 Å². The van der Waals surface area contributed by atoms with Gasteiger partial charge in [-0.3, -0.25) is 5.43 Å². The van der Waals surface area contributed by atoms with Crippen LogP contribution in [-0.2, 0) is 0 Å². The number of benzene rings is 2. The van der Waals surface area contributed by atoms with Gasteiger partial charge in [-0.15, -0.1) is 0 Å². The lowest BCUT2D eigenvalue weighted by Crippen LogP contribution is -1.94. The lowest BCUT2D eigenvalue weighted by atomic mass is 10.1. The predicted octanol–water partition coefficient (Wildman–Crippen LogP) is 4.06. The SMILES string of the molecule is Cc1ccc(C)c(/C=N/Nc2ccccc2C)c1. The van der Waals surface area contributed by atoms with Gasteiger partial charge in [0.05, 0.1) is 11.9 Å². The lowest BCUT2D eigenvalue weighted by Gasteiger charge is -2.04. The number of rotatable bonds is 3. The van der Waals surface area contributed by atoms with Crippen molar-refractivity contribution in [2.24, 2.45) is 5.10 Å². The molecule has 0 aliphatic rings. The Labute approximate surface area is 108 Å². The van der Waals surface area contributed by atoms with Crippen LogP contribution in [0, 0.1) is 20.8 Å².